The van der Waals surface area contributed by atoms with Crippen molar-refractivity contribution >= 4 is 28.2 Å². The monoisotopic (exact) mass is 455 g/mol. The Labute approximate surface area is 195 Å². The summed E-state index contributed by atoms with van der Waals surface area (Å²) in [5.74, 6) is 0.145. The van der Waals surface area contributed by atoms with Gasteiger partial charge in [0.2, 0.25) is 5.96 Å². The van der Waals surface area contributed by atoms with Crippen molar-refractivity contribution in [3.8, 4) is 0 Å². The number of fused-ring (bicyclic) bond motifs is 1. The largest absolute Gasteiger partial charge is 0.346 e. The molecule has 0 bridgehead atoms. The lowest BCUT2D eigenvalue weighted by molar-refractivity contribution is 0.624. The molecule has 0 saturated carbocycles. The minimum absolute atomic E-state index is 0.306. The molecule has 10 heteroatoms. The van der Waals surface area contributed by atoms with Crippen molar-refractivity contribution in [1.29, 1.82) is 0 Å². The van der Waals surface area contributed by atoms with Gasteiger partial charge in [0, 0.05) is 56.0 Å². The lowest BCUT2D eigenvalue weighted by atomic mass is 10.2. The predicted molar refractivity (Wildman–Crippen MR) is 129 cm³/mol. The van der Waals surface area contributed by atoms with E-state index in [1.807, 2.05) is 53.0 Å². The molecule has 2 aromatic heterocycles. The van der Waals surface area contributed by atoms with Crippen LogP contribution < -0.4 is 9.80 Å². The van der Waals surface area contributed by atoms with Crippen molar-refractivity contribution in [3.05, 3.63) is 91.0 Å². The smallest absolute Gasteiger partial charge is 0.249 e. The molecule has 0 fully saturated rings. The van der Waals surface area contributed by atoms with Gasteiger partial charge >= 0.3 is 0 Å². The number of anilines is 2. The van der Waals surface area contributed by atoms with Gasteiger partial charge in [-0.25, -0.2) is 9.38 Å². The van der Waals surface area contributed by atoms with Crippen molar-refractivity contribution in [2.75, 3.05) is 23.4 Å². The topological polar surface area (TPSA) is 87.2 Å². The van der Waals surface area contributed by atoms with Gasteiger partial charge in [0.1, 0.15) is 11.5 Å². The molecule has 2 aromatic carbocycles. The van der Waals surface area contributed by atoms with E-state index in [1.54, 1.807) is 36.9 Å². The lowest BCUT2D eigenvalue weighted by Crippen LogP contribution is -2.31. The summed E-state index contributed by atoms with van der Waals surface area (Å²) in [5, 5.41) is 14.4. The van der Waals surface area contributed by atoms with Crippen LogP contribution in [0.5, 0.6) is 0 Å². The van der Waals surface area contributed by atoms with Crippen molar-refractivity contribution in [3.63, 3.8) is 0 Å². The van der Waals surface area contributed by atoms with Crippen LogP contribution >= 0.6 is 0 Å². The van der Waals surface area contributed by atoms with E-state index in [0.29, 0.717) is 18.2 Å². The number of nitrogens with zero attached hydrogens (tertiary/aromatic N) is 9. The minimum atomic E-state index is -0.588. The molecular weight excluding hydrogens is 433 g/mol. The molecule has 3 heterocycles. The number of hydrogen-bond acceptors (Lipinski definition) is 8. The second kappa shape index (κ2) is 9.18. The molecule has 1 atom stereocenters. The zero-order valence-corrected chi connectivity index (χ0v) is 18.7. The highest BCUT2D eigenvalue weighted by molar-refractivity contribution is 5.99. The molecule has 0 amide bonds. The zero-order valence-electron chi connectivity index (χ0n) is 18.7. The number of azo groups is 1. The van der Waals surface area contributed by atoms with E-state index in [4.69, 9.17) is 0 Å². The van der Waals surface area contributed by atoms with Crippen molar-refractivity contribution in [2.24, 2.45) is 22.3 Å². The molecule has 34 heavy (non-hydrogen) atoms. The molecule has 5 rings (SSSR count). The Hall–Kier alpha value is -4.47. The highest BCUT2D eigenvalue weighted by Gasteiger charge is 2.21. The molecule has 9 nitrogen and oxygen atoms in total. The maximum absolute atomic E-state index is 13.5. The first kappa shape index (κ1) is 21.4. The molecule has 1 aliphatic heterocycles. The second-order valence-electron chi connectivity index (χ2n) is 7.74. The number of guanidine groups is 1. The van der Waals surface area contributed by atoms with Gasteiger partial charge in [-0.2, -0.15) is 10.2 Å². The van der Waals surface area contributed by atoms with E-state index in [1.165, 1.54) is 12.1 Å². The summed E-state index contributed by atoms with van der Waals surface area (Å²) in [4.78, 5) is 16.9. The SMILES string of the molecule is CN(c1ccc(F)cc1)C(/N=N/C1=NC=CCN1c1ccc2c(cnn2C)c1)c1cnccn1. The Balaban J connectivity index is 1.47. The Bertz CT molecular complexity index is 1380. The van der Waals surface area contributed by atoms with Gasteiger partial charge in [-0.05, 0) is 48.5 Å². The number of halogens is 1. The van der Waals surface area contributed by atoms with Crippen LogP contribution in [0.2, 0.25) is 0 Å². The van der Waals surface area contributed by atoms with Crippen molar-refractivity contribution in [2.45, 2.75) is 6.17 Å². The van der Waals surface area contributed by atoms with Crippen molar-refractivity contribution in [1.82, 2.24) is 19.7 Å². The van der Waals surface area contributed by atoms with Crippen LogP contribution in [0.1, 0.15) is 11.9 Å². The van der Waals surface area contributed by atoms with E-state index in [-0.39, 0.29) is 5.82 Å². The normalized spacial score (nSPS) is 14.6. The molecule has 0 radical (unpaired) electrons. The van der Waals surface area contributed by atoms with Gasteiger partial charge in [0.25, 0.3) is 0 Å². The van der Waals surface area contributed by atoms with Gasteiger partial charge < -0.3 is 9.80 Å². The Morgan fingerprint density at radius 3 is 2.74 bits per heavy atom. The average Bonchev–Trinajstić information content (AvgIpc) is 3.25. The van der Waals surface area contributed by atoms with E-state index < -0.39 is 6.17 Å². The van der Waals surface area contributed by atoms with Gasteiger partial charge in [-0.1, -0.05) is 0 Å². The Morgan fingerprint density at radius 1 is 1.09 bits per heavy atom. The summed E-state index contributed by atoms with van der Waals surface area (Å²) in [5.41, 5.74) is 3.35. The quantitative estimate of drug-likeness (QED) is 0.414. The van der Waals surface area contributed by atoms with Gasteiger partial charge in [-0.3, -0.25) is 14.6 Å². The number of aromatic nitrogens is 4. The molecule has 0 N–H and O–H groups in total. The van der Waals surface area contributed by atoms with E-state index in [2.05, 4.69) is 36.4 Å². The van der Waals surface area contributed by atoms with Crippen LogP contribution in [0.3, 0.4) is 0 Å². The van der Waals surface area contributed by atoms with E-state index >= 15 is 0 Å². The van der Waals surface area contributed by atoms with Gasteiger partial charge in [0.15, 0.2) is 6.17 Å². The van der Waals surface area contributed by atoms with Crippen LogP contribution in [0.15, 0.2) is 94.7 Å². The summed E-state index contributed by atoms with van der Waals surface area (Å²) in [6.07, 6.45) is 9.76. The number of rotatable bonds is 5. The fourth-order valence-corrected chi connectivity index (χ4v) is 3.75. The highest BCUT2D eigenvalue weighted by atomic mass is 19.1. The van der Waals surface area contributed by atoms with E-state index in [0.717, 1.165) is 22.3 Å². The molecular formula is C24H22FN9. The first-order chi connectivity index (χ1) is 16.6. The number of aryl methyl sites for hydroxylation is 1. The number of hydrogen-bond donors (Lipinski definition) is 0. The van der Waals surface area contributed by atoms with Crippen LogP contribution in [0.25, 0.3) is 10.9 Å². The third kappa shape index (κ3) is 4.25. The second-order valence-corrected chi connectivity index (χ2v) is 7.74. The summed E-state index contributed by atoms with van der Waals surface area (Å²) in [7, 11) is 3.76. The molecule has 0 spiro atoms. The van der Waals surface area contributed by atoms with E-state index in [9.17, 15) is 4.39 Å². The molecule has 0 saturated heterocycles. The minimum Gasteiger partial charge on any atom is -0.346 e. The fourth-order valence-electron chi connectivity index (χ4n) is 3.75. The van der Waals surface area contributed by atoms with Crippen molar-refractivity contribution < 1.29 is 4.39 Å². The standard InChI is InChI=1S/C24H22FN9/c1-32(19-6-4-18(25)5-7-19)23(21-16-26-11-12-27-21)30-31-24-28-10-3-13-34(24)20-8-9-22-17(14-20)15-29-33(22)2/h3-12,14-16,23H,13H2,1-2H3/b31-30+. The summed E-state index contributed by atoms with van der Waals surface area (Å²) in [6, 6.07) is 12.3. The predicted octanol–water partition coefficient (Wildman–Crippen LogP) is 4.48. The lowest BCUT2D eigenvalue weighted by Gasteiger charge is -2.27. The maximum atomic E-state index is 13.5. The molecule has 0 aliphatic carbocycles. The average molecular weight is 456 g/mol. The van der Waals surface area contributed by atoms with Crippen LogP contribution in [-0.2, 0) is 7.05 Å². The number of aliphatic imine (C=N–C) groups is 1. The Kier molecular flexibility index (Phi) is 5.77. The summed E-state index contributed by atoms with van der Waals surface area (Å²) < 4.78 is 15.3. The molecule has 170 valence electrons. The van der Waals surface area contributed by atoms with Crippen LogP contribution in [-0.4, -0.2) is 39.3 Å². The number of benzene rings is 2. The third-order valence-electron chi connectivity index (χ3n) is 5.57. The summed E-state index contributed by atoms with van der Waals surface area (Å²) in [6.45, 7) is 0.604. The first-order valence-corrected chi connectivity index (χ1v) is 10.7. The summed E-state index contributed by atoms with van der Waals surface area (Å²) >= 11 is 0. The van der Waals surface area contributed by atoms with Gasteiger partial charge in [-0.15, -0.1) is 5.11 Å². The fraction of sp³-hybridized carbons (Fsp3) is 0.167. The zero-order chi connectivity index (χ0) is 23.5. The van der Waals surface area contributed by atoms with Gasteiger partial charge in [0.05, 0.1) is 17.9 Å². The molecule has 1 aliphatic rings. The molecule has 1 unspecified atom stereocenters. The molecule has 4 aromatic rings. The van der Waals surface area contributed by atoms with Crippen LogP contribution in [0, 0.1) is 5.82 Å². The Morgan fingerprint density at radius 2 is 1.94 bits per heavy atom. The van der Waals surface area contributed by atoms with Crippen LogP contribution in [0.4, 0.5) is 15.8 Å². The maximum Gasteiger partial charge on any atom is 0.249 e. The first-order valence-electron chi connectivity index (χ1n) is 10.7. The third-order valence-corrected chi connectivity index (χ3v) is 5.57. The highest BCUT2D eigenvalue weighted by Crippen LogP contribution is 2.27.